The molecule has 0 atom stereocenters. The molecule has 0 unspecified atom stereocenters. The van der Waals surface area contributed by atoms with Gasteiger partial charge in [0.15, 0.2) is 0 Å². The second-order valence-corrected chi connectivity index (χ2v) is 4.57. The number of nitrogens with one attached hydrogen (secondary N) is 1. The Morgan fingerprint density at radius 3 is 2.79 bits per heavy atom. The summed E-state index contributed by atoms with van der Waals surface area (Å²) in [5.74, 6) is -0.456. The Morgan fingerprint density at radius 1 is 1.26 bits per heavy atom. The fourth-order valence-electron chi connectivity index (χ4n) is 1.52. The molecule has 0 bridgehead atoms. The molecule has 0 spiro atoms. The number of aliphatic hydroxyl groups is 1. The Morgan fingerprint density at radius 2 is 2.05 bits per heavy atom. The molecule has 2 N–H and O–H groups in total. The number of anilines is 1. The summed E-state index contributed by atoms with van der Waals surface area (Å²) in [6.45, 7) is -0.0973. The van der Waals surface area contributed by atoms with E-state index in [1.54, 1.807) is 24.3 Å². The molecule has 4 nitrogen and oxygen atoms in total. The summed E-state index contributed by atoms with van der Waals surface area (Å²) >= 11 is 11.6. The lowest BCUT2D eigenvalue weighted by atomic mass is 10.2. The Kier molecular flexibility index (Phi) is 4.37. The fraction of sp³-hybridized carbons (Fsp3) is 0.0769. The van der Waals surface area contributed by atoms with Gasteiger partial charge in [0, 0.05) is 5.69 Å². The summed E-state index contributed by atoms with van der Waals surface area (Å²) < 4.78 is 0. The van der Waals surface area contributed by atoms with Crippen LogP contribution < -0.4 is 5.32 Å². The number of amides is 1. The highest BCUT2D eigenvalue weighted by Gasteiger charge is 2.13. The maximum absolute atomic E-state index is 12.0. The zero-order chi connectivity index (χ0) is 13.8. The van der Waals surface area contributed by atoms with Gasteiger partial charge in [-0.15, -0.1) is 0 Å². The van der Waals surface area contributed by atoms with Gasteiger partial charge in [-0.2, -0.15) is 0 Å². The number of aromatic nitrogens is 1. The number of aliphatic hydroxyl groups excluding tert-OH is 1. The third-order valence-electron chi connectivity index (χ3n) is 2.39. The summed E-state index contributed by atoms with van der Waals surface area (Å²) in [4.78, 5) is 15.9. The van der Waals surface area contributed by atoms with Crippen LogP contribution in [0.15, 0.2) is 36.4 Å². The average Bonchev–Trinajstić information content (AvgIpc) is 2.41. The second-order valence-electron chi connectivity index (χ2n) is 3.78. The number of rotatable bonds is 3. The minimum absolute atomic E-state index is 0.0589. The summed E-state index contributed by atoms with van der Waals surface area (Å²) in [5.41, 5.74) is 1.31. The highest BCUT2D eigenvalue weighted by Crippen LogP contribution is 2.19. The van der Waals surface area contributed by atoms with Crippen LogP contribution in [0.2, 0.25) is 10.2 Å². The first-order valence-electron chi connectivity index (χ1n) is 5.43. The molecule has 0 radical (unpaired) electrons. The molecule has 0 fully saturated rings. The standard InChI is InChI=1S/C13H10Cl2N2O2/c14-10-4-5-11(15)17-12(10)13(19)16-9-3-1-2-8(6-9)7-18/h1-6,18H,7H2,(H,16,19). The minimum Gasteiger partial charge on any atom is -0.392 e. The number of hydrogen-bond acceptors (Lipinski definition) is 3. The molecule has 0 saturated heterocycles. The summed E-state index contributed by atoms with van der Waals surface area (Å²) in [7, 11) is 0. The molecule has 1 aromatic heterocycles. The molecular weight excluding hydrogens is 287 g/mol. The van der Waals surface area contributed by atoms with Crippen LogP contribution in [-0.2, 0) is 6.61 Å². The first-order chi connectivity index (χ1) is 9.10. The van der Waals surface area contributed by atoms with E-state index < -0.39 is 5.91 Å². The fourth-order valence-corrected chi connectivity index (χ4v) is 1.85. The molecule has 0 aliphatic heterocycles. The van der Waals surface area contributed by atoms with Gasteiger partial charge in [-0.25, -0.2) is 4.98 Å². The Labute approximate surface area is 120 Å². The highest BCUT2D eigenvalue weighted by atomic mass is 35.5. The molecule has 0 aliphatic carbocycles. The van der Waals surface area contributed by atoms with Crippen molar-refractivity contribution in [2.45, 2.75) is 6.61 Å². The monoisotopic (exact) mass is 296 g/mol. The van der Waals surface area contributed by atoms with Crippen LogP contribution in [0, 0.1) is 0 Å². The van der Waals surface area contributed by atoms with Crippen molar-refractivity contribution in [2.75, 3.05) is 5.32 Å². The first-order valence-corrected chi connectivity index (χ1v) is 6.19. The van der Waals surface area contributed by atoms with Gasteiger partial charge >= 0.3 is 0 Å². The third kappa shape index (κ3) is 3.44. The molecule has 2 aromatic rings. The van der Waals surface area contributed by atoms with Crippen molar-refractivity contribution in [2.24, 2.45) is 0 Å². The maximum atomic E-state index is 12.0. The van der Waals surface area contributed by atoms with Crippen molar-refractivity contribution in [3.63, 3.8) is 0 Å². The first kappa shape index (κ1) is 13.8. The van der Waals surface area contributed by atoms with Gasteiger partial charge in [-0.05, 0) is 29.8 Å². The number of nitrogens with zero attached hydrogens (tertiary/aromatic N) is 1. The molecule has 1 aromatic carbocycles. The summed E-state index contributed by atoms with van der Waals surface area (Å²) in [5, 5.41) is 12.1. The predicted molar refractivity (Wildman–Crippen MR) is 74.6 cm³/mol. The Bertz CT molecular complexity index is 617. The van der Waals surface area contributed by atoms with E-state index in [4.69, 9.17) is 28.3 Å². The topological polar surface area (TPSA) is 62.2 Å². The van der Waals surface area contributed by atoms with Gasteiger partial charge in [0.2, 0.25) is 0 Å². The molecule has 1 amide bonds. The zero-order valence-electron chi connectivity index (χ0n) is 9.73. The third-order valence-corrected chi connectivity index (χ3v) is 2.91. The summed E-state index contributed by atoms with van der Waals surface area (Å²) in [6.07, 6.45) is 0. The number of halogens is 2. The van der Waals surface area contributed by atoms with E-state index in [2.05, 4.69) is 10.3 Å². The predicted octanol–water partition coefficient (Wildman–Crippen LogP) is 3.13. The van der Waals surface area contributed by atoms with Crippen molar-refractivity contribution in [3.8, 4) is 0 Å². The van der Waals surface area contributed by atoms with Gasteiger partial charge < -0.3 is 10.4 Å². The molecule has 1 heterocycles. The van der Waals surface area contributed by atoms with Crippen molar-refractivity contribution in [1.29, 1.82) is 0 Å². The van der Waals surface area contributed by atoms with Crippen molar-refractivity contribution in [1.82, 2.24) is 4.98 Å². The average molecular weight is 297 g/mol. The number of benzene rings is 1. The van der Waals surface area contributed by atoms with Crippen LogP contribution >= 0.6 is 23.2 Å². The van der Waals surface area contributed by atoms with E-state index in [-0.39, 0.29) is 22.5 Å². The Hall–Kier alpha value is -1.62. The molecule has 19 heavy (non-hydrogen) atoms. The number of carbonyl (C=O) groups excluding carboxylic acids is 1. The van der Waals surface area contributed by atoms with E-state index in [0.717, 1.165) is 0 Å². The van der Waals surface area contributed by atoms with E-state index in [9.17, 15) is 4.79 Å². The SMILES string of the molecule is O=C(Nc1cccc(CO)c1)c1nc(Cl)ccc1Cl. The van der Waals surface area contributed by atoms with Gasteiger partial charge in [-0.3, -0.25) is 4.79 Å². The van der Waals surface area contributed by atoms with Crippen molar-refractivity contribution < 1.29 is 9.90 Å². The number of pyridine rings is 1. The van der Waals surface area contributed by atoms with E-state index in [1.165, 1.54) is 12.1 Å². The van der Waals surface area contributed by atoms with E-state index in [1.807, 2.05) is 0 Å². The van der Waals surface area contributed by atoms with Gasteiger partial charge in [0.25, 0.3) is 5.91 Å². The quantitative estimate of drug-likeness (QED) is 0.856. The lowest BCUT2D eigenvalue weighted by molar-refractivity contribution is 0.102. The largest absolute Gasteiger partial charge is 0.392 e. The Balaban J connectivity index is 2.23. The molecule has 0 saturated carbocycles. The molecule has 6 heteroatoms. The van der Waals surface area contributed by atoms with Crippen LogP contribution in [0.5, 0.6) is 0 Å². The smallest absolute Gasteiger partial charge is 0.275 e. The van der Waals surface area contributed by atoms with Gasteiger partial charge in [0.1, 0.15) is 10.8 Å². The molecule has 2 rings (SSSR count). The molecule has 0 aliphatic rings. The van der Waals surface area contributed by atoms with E-state index in [0.29, 0.717) is 11.3 Å². The van der Waals surface area contributed by atoms with Crippen LogP contribution in [-0.4, -0.2) is 16.0 Å². The number of carbonyl (C=O) groups is 1. The maximum Gasteiger partial charge on any atom is 0.275 e. The van der Waals surface area contributed by atoms with Crippen LogP contribution in [0.4, 0.5) is 5.69 Å². The lowest BCUT2D eigenvalue weighted by Crippen LogP contribution is -2.14. The molecular formula is C13H10Cl2N2O2. The van der Waals surface area contributed by atoms with Crippen LogP contribution in [0.25, 0.3) is 0 Å². The normalized spacial score (nSPS) is 10.3. The van der Waals surface area contributed by atoms with E-state index >= 15 is 0 Å². The minimum atomic E-state index is -0.456. The second kappa shape index (κ2) is 6.02. The van der Waals surface area contributed by atoms with Crippen LogP contribution in [0.1, 0.15) is 16.1 Å². The highest BCUT2D eigenvalue weighted by molar-refractivity contribution is 6.35. The summed E-state index contributed by atoms with van der Waals surface area (Å²) in [6, 6.07) is 9.86. The zero-order valence-corrected chi connectivity index (χ0v) is 11.2. The van der Waals surface area contributed by atoms with Gasteiger partial charge in [-0.1, -0.05) is 35.3 Å². The van der Waals surface area contributed by atoms with Crippen molar-refractivity contribution in [3.05, 3.63) is 57.8 Å². The van der Waals surface area contributed by atoms with Crippen LogP contribution in [0.3, 0.4) is 0 Å². The molecule has 98 valence electrons. The number of hydrogen-bond donors (Lipinski definition) is 2. The van der Waals surface area contributed by atoms with Crippen molar-refractivity contribution >= 4 is 34.8 Å². The van der Waals surface area contributed by atoms with Gasteiger partial charge in [0.05, 0.1) is 11.6 Å². The lowest BCUT2D eigenvalue weighted by Gasteiger charge is -2.07.